The number of hydrogen-bond donors (Lipinski definition) is 1. The summed E-state index contributed by atoms with van der Waals surface area (Å²) in [5, 5.41) is 2.75. The molecule has 4 heteroatoms. The number of carbonyl (C=O) groups excluding carboxylic acids is 1. The maximum absolute atomic E-state index is 10.8. The highest BCUT2D eigenvalue weighted by Gasteiger charge is 2.33. The first-order chi connectivity index (χ1) is 5.16. The summed E-state index contributed by atoms with van der Waals surface area (Å²) in [6.45, 7) is 2.01. The lowest BCUT2D eigenvalue weighted by molar-refractivity contribution is 0.132. The van der Waals surface area contributed by atoms with Crippen molar-refractivity contribution >= 4 is 17.7 Å². The zero-order valence-corrected chi connectivity index (χ0v) is 7.28. The van der Waals surface area contributed by atoms with Crippen LogP contribution in [0.4, 0.5) is 4.79 Å². The van der Waals surface area contributed by atoms with Crippen LogP contribution in [0.5, 0.6) is 0 Å². The smallest absolute Gasteiger partial charge is 0.408 e. The van der Waals surface area contributed by atoms with Crippen LogP contribution in [0.3, 0.4) is 0 Å². The fourth-order valence-electron chi connectivity index (χ4n) is 1.16. The number of carbonyl (C=O) groups is 1. The molecule has 0 heterocycles. The van der Waals surface area contributed by atoms with E-state index in [0.29, 0.717) is 0 Å². The summed E-state index contributed by atoms with van der Waals surface area (Å²) in [5.74, 6) is 0. The summed E-state index contributed by atoms with van der Waals surface area (Å²) in [7, 11) is 0. The van der Waals surface area contributed by atoms with Gasteiger partial charge in [-0.15, -0.1) is 0 Å². The first-order valence-electron chi connectivity index (χ1n) is 3.67. The Hall–Kier alpha value is -0.440. The fourth-order valence-corrected chi connectivity index (χ4v) is 1.26. The molecule has 0 aromatic heterocycles. The normalized spacial score (nSPS) is 20.2. The zero-order chi connectivity index (χ0) is 8.32. The first-order valence-corrected chi connectivity index (χ1v) is 4.21. The molecule has 0 aliphatic heterocycles. The Morgan fingerprint density at radius 1 is 1.73 bits per heavy atom. The minimum Gasteiger partial charge on any atom is -0.433 e. The van der Waals surface area contributed by atoms with Gasteiger partial charge >= 0.3 is 6.09 Å². The molecular formula is C7H12ClNO2. The lowest BCUT2D eigenvalue weighted by Crippen LogP contribution is -2.51. The van der Waals surface area contributed by atoms with Gasteiger partial charge in [0.15, 0.2) is 6.07 Å². The standard InChI is InChI=1S/C7H12ClNO2/c1-7(3-2-4-7)9-6(10)11-5-8/h2-5H2,1H3,(H,9,10). The molecule has 64 valence electrons. The lowest BCUT2D eigenvalue weighted by atomic mass is 9.79. The average molecular weight is 178 g/mol. The van der Waals surface area contributed by atoms with Crippen LogP contribution in [0.2, 0.25) is 0 Å². The molecule has 1 aliphatic rings. The number of amides is 1. The van der Waals surface area contributed by atoms with Crippen LogP contribution in [0.1, 0.15) is 26.2 Å². The summed E-state index contributed by atoms with van der Waals surface area (Å²) >= 11 is 5.20. The van der Waals surface area contributed by atoms with Gasteiger partial charge in [0.2, 0.25) is 0 Å². The molecule has 1 fully saturated rings. The van der Waals surface area contributed by atoms with Crippen LogP contribution in [0.25, 0.3) is 0 Å². The predicted molar refractivity (Wildman–Crippen MR) is 42.6 cm³/mol. The third-order valence-corrected chi connectivity index (χ3v) is 2.16. The lowest BCUT2D eigenvalue weighted by Gasteiger charge is -2.38. The molecule has 0 atom stereocenters. The Morgan fingerprint density at radius 3 is 2.73 bits per heavy atom. The van der Waals surface area contributed by atoms with Crippen molar-refractivity contribution in [3.05, 3.63) is 0 Å². The second kappa shape index (κ2) is 3.30. The summed E-state index contributed by atoms with van der Waals surface area (Å²) < 4.78 is 4.53. The zero-order valence-electron chi connectivity index (χ0n) is 6.52. The number of rotatable bonds is 2. The number of nitrogens with one attached hydrogen (secondary N) is 1. The van der Waals surface area contributed by atoms with Gasteiger partial charge in [0.05, 0.1) is 0 Å². The monoisotopic (exact) mass is 177 g/mol. The minimum absolute atomic E-state index is 0.0385. The Bertz CT molecular complexity index is 157. The number of ether oxygens (including phenoxy) is 1. The Labute approximate surface area is 71.1 Å². The number of hydrogen-bond acceptors (Lipinski definition) is 2. The van der Waals surface area contributed by atoms with Crippen molar-refractivity contribution in [2.45, 2.75) is 31.7 Å². The van der Waals surface area contributed by atoms with E-state index in [0.717, 1.165) is 12.8 Å². The van der Waals surface area contributed by atoms with Crippen LogP contribution in [0, 0.1) is 0 Å². The molecule has 3 nitrogen and oxygen atoms in total. The van der Waals surface area contributed by atoms with Gasteiger partial charge in [0.1, 0.15) is 0 Å². The van der Waals surface area contributed by atoms with Crippen molar-refractivity contribution in [3.63, 3.8) is 0 Å². The minimum atomic E-state index is -0.415. The van der Waals surface area contributed by atoms with E-state index < -0.39 is 6.09 Å². The molecule has 1 rings (SSSR count). The molecule has 0 saturated heterocycles. The maximum Gasteiger partial charge on any atom is 0.408 e. The predicted octanol–water partition coefficient (Wildman–Crippen LogP) is 1.85. The van der Waals surface area contributed by atoms with Crippen molar-refractivity contribution in [1.29, 1.82) is 0 Å². The van der Waals surface area contributed by atoms with Gasteiger partial charge in [0.25, 0.3) is 0 Å². The molecular weight excluding hydrogens is 166 g/mol. The van der Waals surface area contributed by atoms with E-state index >= 15 is 0 Å². The summed E-state index contributed by atoms with van der Waals surface area (Å²) in [6, 6.07) is -0.0814. The van der Waals surface area contributed by atoms with E-state index in [1.807, 2.05) is 6.92 Å². The van der Waals surface area contributed by atoms with Crippen molar-refractivity contribution in [1.82, 2.24) is 5.32 Å². The SMILES string of the molecule is CC1(NC(=O)OCCl)CCC1. The summed E-state index contributed by atoms with van der Waals surface area (Å²) in [6.07, 6.45) is 2.83. The summed E-state index contributed by atoms with van der Waals surface area (Å²) in [4.78, 5) is 10.8. The van der Waals surface area contributed by atoms with E-state index in [9.17, 15) is 4.79 Å². The van der Waals surface area contributed by atoms with E-state index in [2.05, 4.69) is 10.1 Å². The largest absolute Gasteiger partial charge is 0.433 e. The highest BCUT2D eigenvalue weighted by molar-refractivity contribution is 6.17. The Morgan fingerprint density at radius 2 is 2.36 bits per heavy atom. The molecule has 0 unspecified atom stereocenters. The molecule has 1 aliphatic carbocycles. The number of alkyl halides is 1. The Kier molecular flexibility index (Phi) is 2.60. The van der Waals surface area contributed by atoms with Crippen LogP contribution in [0.15, 0.2) is 0 Å². The average Bonchev–Trinajstić information content (AvgIpc) is 1.85. The Balaban J connectivity index is 2.23. The highest BCUT2D eigenvalue weighted by atomic mass is 35.5. The van der Waals surface area contributed by atoms with Crippen LogP contribution >= 0.6 is 11.6 Å². The second-order valence-corrected chi connectivity index (χ2v) is 3.30. The molecule has 0 spiro atoms. The van der Waals surface area contributed by atoms with Gasteiger partial charge in [-0.3, -0.25) is 0 Å². The number of halogens is 1. The van der Waals surface area contributed by atoms with Gasteiger partial charge in [-0.25, -0.2) is 4.79 Å². The van der Waals surface area contributed by atoms with Crippen molar-refractivity contribution in [3.8, 4) is 0 Å². The van der Waals surface area contributed by atoms with E-state index in [-0.39, 0.29) is 11.6 Å². The van der Waals surface area contributed by atoms with E-state index in [4.69, 9.17) is 11.6 Å². The molecule has 0 aromatic carbocycles. The van der Waals surface area contributed by atoms with Gasteiger partial charge < -0.3 is 10.1 Å². The number of alkyl carbamates (subject to hydrolysis) is 1. The second-order valence-electron chi connectivity index (χ2n) is 3.08. The topological polar surface area (TPSA) is 38.3 Å². The first kappa shape index (κ1) is 8.65. The van der Waals surface area contributed by atoms with Crippen LogP contribution in [-0.4, -0.2) is 17.7 Å². The quantitative estimate of drug-likeness (QED) is 0.654. The van der Waals surface area contributed by atoms with Crippen LogP contribution in [-0.2, 0) is 4.74 Å². The molecule has 1 saturated carbocycles. The van der Waals surface area contributed by atoms with Gasteiger partial charge in [-0.1, -0.05) is 11.6 Å². The van der Waals surface area contributed by atoms with Gasteiger partial charge in [-0.2, -0.15) is 0 Å². The molecule has 11 heavy (non-hydrogen) atoms. The molecule has 0 aromatic rings. The molecule has 1 amide bonds. The summed E-state index contributed by atoms with van der Waals surface area (Å²) in [5.41, 5.74) is -0.0385. The van der Waals surface area contributed by atoms with Gasteiger partial charge in [0, 0.05) is 5.54 Å². The van der Waals surface area contributed by atoms with Crippen molar-refractivity contribution in [2.24, 2.45) is 0 Å². The highest BCUT2D eigenvalue weighted by Crippen LogP contribution is 2.30. The van der Waals surface area contributed by atoms with Crippen molar-refractivity contribution in [2.75, 3.05) is 6.07 Å². The maximum atomic E-state index is 10.8. The molecule has 1 N–H and O–H groups in total. The third-order valence-electron chi connectivity index (χ3n) is 2.05. The molecule has 0 bridgehead atoms. The molecule has 0 radical (unpaired) electrons. The fraction of sp³-hybridized carbons (Fsp3) is 0.857. The van der Waals surface area contributed by atoms with Crippen molar-refractivity contribution < 1.29 is 9.53 Å². The van der Waals surface area contributed by atoms with Crippen LogP contribution < -0.4 is 5.32 Å². The third kappa shape index (κ3) is 2.26. The van der Waals surface area contributed by atoms with E-state index in [1.165, 1.54) is 6.42 Å². The van der Waals surface area contributed by atoms with Gasteiger partial charge in [-0.05, 0) is 26.2 Å². The van der Waals surface area contributed by atoms with E-state index in [1.54, 1.807) is 0 Å².